The van der Waals surface area contributed by atoms with Crippen molar-refractivity contribution in [3.63, 3.8) is 0 Å². The van der Waals surface area contributed by atoms with Gasteiger partial charge in [0.15, 0.2) is 5.78 Å². The van der Waals surface area contributed by atoms with E-state index in [0.29, 0.717) is 5.57 Å². The van der Waals surface area contributed by atoms with Crippen molar-refractivity contribution in [3.8, 4) is 51.7 Å². The maximum Gasteiger partial charge on any atom is 0.286 e. The Labute approximate surface area is 297 Å². The van der Waals surface area contributed by atoms with Crippen LogP contribution < -0.4 is 9.47 Å². The van der Waals surface area contributed by atoms with E-state index in [9.17, 15) is 50.4 Å². The molecule has 5 atom stereocenters. The molecule has 2 heterocycles. The number of benzene rings is 4. The van der Waals surface area contributed by atoms with Crippen LogP contribution in [-0.2, 0) is 5.79 Å². The Morgan fingerprint density at radius 1 is 0.827 bits per heavy atom. The molecule has 0 saturated carbocycles. The summed E-state index contributed by atoms with van der Waals surface area (Å²) in [6.07, 6.45) is 3.28. The number of Topliss-reactive ketones (excluding diaryl/α,β-unsaturated/α-hetero) is 2. The minimum Gasteiger partial charge on any atom is -0.508 e. The summed E-state index contributed by atoms with van der Waals surface area (Å²) in [5, 5.41) is 87.9. The molecule has 12 nitrogen and oxygen atoms in total. The Bertz CT molecular complexity index is 2250. The van der Waals surface area contributed by atoms with Gasteiger partial charge in [0.25, 0.3) is 5.79 Å². The monoisotopic (exact) mass is 708 g/mol. The molecule has 7 rings (SSSR count). The van der Waals surface area contributed by atoms with Crippen molar-refractivity contribution in [2.45, 2.75) is 56.8 Å². The second kappa shape index (κ2) is 12.0. The van der Waals surface area contributed by atoms with E-state index in [-0.39, 0.29) is 69.6 Å². The highest BCUT2D eigenvalue weighted by Gasteiger charge is 2.70. The predicted molar refractivity (Wildman–Crippen MR) is 185 cm³/mol. The van der Waals surface area contributed by atoms with Crippen LogP contribution in [0.5, 0.6) is 51.7 Å². The van der Waals surface area contributed by atoms with Gasteiger partial charge < -0.3 is 50.3 Å². The highest BCUT2D eigenvalue weighted by atomic mass is 16.7. The lowest BCUT2D eigenvalue weighted by atomic mass is 9.65. The molecule has 8 N–H and O–H groups in total. The summed E-state index contributed by atoms with van der Waals surface area (Å²) in [5.74, 6) is -10.6. The zero-order chi connectivity index (χ0) is 37.4. The van der Waals surface area contributed by atoms with E-state index < -0.39 is 63.5 Å². The molecular weight excluding hydrogens is 672 g/mol. The summed E-state index contributed by atoms with van der Waals surface area (Å²) < 4.78 is 12.3. The first-order chi connectivity index (χ1) is 24.6. The summed E-state index contributed by atoms with van der Waals surface area (Å²) >= 11 is 0. The summed E-state index contributed by atoms with van der Waals surface area (Å²) in [5.41, 5.74) is -1.30. The van der Waals surface area contributed by atoms with E-state index in [4.69, 9.17) is 9.47 Å². The lowest BCUT2D eigenvalue weighted by Crippen LogP contribution is -2.62. The molecule has 52 heavy (non-hydrogen) atoms. The first-order valence-electron chi connectivity index (χ1n) is 16.5. The van der Waals surface area contributed by atoms with Crippen molar-refractivity contribution < 1.29 is 59.9 Å². The van der Waals surface area contributed by atoms with Crippen LogP contribution in [0.25, 0.3) is 0 Å². The first kappa shape index (κ1) is 34.3. The van der Waals surface area contributed by atoms with Gasteiger partial charge in [0.2, 0.25) is 11.4 Å². The van der Waals surface area contributed by atoms with E-state index in [1.165, 1.54) is 42.5 Å². The summed E-state index contributed by atoms with van der Waals surface area (Å²) in [4.78, 5) is 29.4. The van der Waals surface area contributed by atoms with Gasteiger partial charge in [-0.25, -0.2) is 0 Å². The summed E-state index contributed by atoms with van der Waals surface area (Å²) in [6.45, 7) is 5.31. The molecule has 268 valence electrons. The molecule has 2 aliphatic heterocycles. The van der Waals surface area contributed by atoms with Crippen molar-refractivity contribution in [1.82, 2.24) is 0 Å². The van der Waals surface area contributed by atoms with Crippen LogP contribution in [0.4, 0.5) is 0 Å². The fourth-order valence-corrected chi connectivity index (χ4v) is 7.81. The van der Waals surface area contributed by atoms with Crippen LogP contribution in [0.2, 0.25) is 0 Å². The fraction of sp³-hybridized carbons (Fsp3) is 0.250. The minimum atomic E-state index is -2.45. The van der Waals surface area contributed by atoms with Crippen molar-refractivity contribution >= 4 is 11.6 Å². The number of fused-ring (bicyclic) bond motifs is 4. The molecule has 0 fully saturated rings. The topological polar surface area (TPSA) is 214 Å². The number of aliphatic hydroxyl groups is 1. The Kier molecular flexibility index (Phi) is 7.91. The van der Waals surface area contributed by atoms with E-state index in [1.807, 2.05) is 0 Å². The zero-order valence-electron chi connectivity index (χ0n) is 28.3. The molecule has 0 radical (unpaired) electrons. The number of allylic oxidation sites excluding steroid dienone is 3. The standard InChI is InChI=1S/C40H36O12/c1-18(2)10-11-39-38(49)35-32(52-40(39,50)27-9-6-22(43)16-31(27)51-39)17-30(46)34(37(35)48)26-13-19(3)12-25(23-7-4-20(41)14-28(23)44)33(26)36(47)24-8-5-21(42)15-29(24)45/h4-10,13-17,25-26,33,41-46,48,50H,11-12H2,1-3H3/t25-,26+,33-,39+,40-/m1/s1. The largest absolute Gasteiger partial charge is 0.508 e. The van der Waals surface area contributed by atoms with Gasteiger partial charge in [0.05, 0.1) is 11.1 Å². The lowest BCUT2D eigenvalue weighted by Gasteiger charge is -2.43. The molecule has 0 saturated heterocycles. The molecule has 1 aliphatic carbocycles. The number of ether oxygens (including phenoxy) is 2. The minimum absolute atomic E-state index is 0.0310. The second-order valence-corrected chi connectivity index (χ2v) is 13.9. The molecule has 4 aromatic carbocycles. The molecular formula is C40H36O12. The lowest BCUT2D eigenvalue weighted by molar-refractivity contribution is -0.221. The van der Waals surface area contributed by atoms with Crippen LogP contribution in [0, 0.1) is 5.92 Å². The van der Waals surface area contributed by atoms with Gasteiger partial charge in [-0.1, -0.05) is 29.4 Å². The van der Waals surface area contributed by atoms with Gasteiger partial charge in [-0.15, -0.1) is 0 Å². The Morgan fingerprint density at radius 2 is 1.48 bits per heavy atom. The van der Waals surface area contributed by atoms with Gasteiger partial charge in [-0.2, -0.15) is 0 Å². The molecule has 0 bridgehead atoms. The average molecular weight is 709 g/mol. The molecule has 0 amide bonds. The van der Waals surface area contributed by atoms with Gasteiger partial charge in [0, 0.05) is 54.0 Å². The van der Waals surface area contributed by atoms with Gasteiger partial charge in [-0.3, -0.25) is 9.59 Å². The van der Waals surface area contributed by atoms with Crippen LogP contribution in [0.15, 0.2) is 84.0 Å². The number of carbonyl (C=O) groups is 2. The normalized spacial score (nSPS) is 24.4. The van der Waals surface area contributed by atoms with Gasteiger partial charge >= 0.3 is 0 Å². The third-order valence-electron chi connectivity index (χ3n) is 10.2. The molecule has 0 unspecified atom stereocenters. The first-order valence-corrected chi connectivity index (χ1v) is 16.5. The molecule has 0 aromatic heterocycles. The van der Waals surface area contributed by atoms with E-state index in [0.717, 1.165) is 23.8 Å². The number of hydrogen-bond acceptors (Lipinski definition) is 12. The van der Waals surface area contributed by atoms with Crippen molar-refractivity contribution in [1.29, 1.82) is 0 Å². The van der Waals surface area contributed by atoms with Crippen molar-refractivity contribution in [2.24, 2.45) is 5.92 Å². The molecule has 12 heteroatoms. The number of rotatable bonds is 6. The summed E-state index contributed by atoms with van der Waals surface area (Å²) in [7, 11) is 0. The number of phenolic OH excluding ortho intramolecular Hbond substituents is 7. The number of phenols is 7. The number of aromatic hydroxyl groups is 7. The molecule has 4 aromatic rings. The summed E-state index contributed by atoms with van der Waals surface area (Å²) in [6, 6.07) is 12.3. The average Bonchev–Trinajstić information content (AvgIpc) is 3.30. The molecule has 0 spiro atoms. The second-order valence-electron chi connectivity index (χ2n) is 13.9. The van der Waals surface area contributed by atoms with E-state index in [1.54, 1.807) is 32.9 Å². The molecule has 3 aliphatic rings. The van der Waals surface area contributed by atoms with Gasteiger partial charge in [-0.05, 0) is 63.1 Å². The number of hydrogen-bond donors (Lipinski definition) is 8. The highest BCUT2D eigenvalue weighted by molar-refractivity contribution is 6.10. The quantitative estimate of drug-likeness (QED) is 0.0824. The van der Waals surface area contributed by atoms with Crippen LogP contribution in [0.1, 0.15) is 82.9 Å². The Balaban J connectivity index is 1.44. The Hall–Kier alpha value is -6.14. The SMILES string of the molecule is CC(C)=CC[C@@]12Oc3cc(O)ccc3[C@@]1(O)Oc1cc(O)c([C@H]3C=C(C)C[C@H](c4ccc(O)cc4O)[C@H]3C(=O)c3ccc(O)cc3O)c(O)c1C2=O. The Morgan fingerprint density at radius 3 is 2.15 bits per heavy atom. The third-order valence-corrected chi connectivity index (χ3v) is 10.2. The maximum atomic E-state index is 14.8. The number of ketones is 2. The predicted octanol–water partition coefficient (Wildman–Crippen LogP) is 6.25. The maximum absolute atomic E-state index is 14.8. The smallest absolute Gasteiger partial charge is 0.286 e. The zero-order valence-corrected chi connectivity index (χ0v) is 28.3. The van der Waals surface area contributed by atoms with E-state index >= 15 is 0 Å². The number of carbonyl (C=O) groups excluding carboxylic acids is 2. The van der Waals surface area contributed by atoms with Gasteiger partial charge in [0.1, 0.15) is 57.3 Å². The fourth-order valence-electron chi connectivity index (χ4n) is 7.81. The highest BCUT2D eigenvalue weighted by Crippen LogP contribution is 2.60. The van der Waals surface area contributed by atoms with Crippen LogP contribution in [0.3, 0.4) is 0 Å². The van der Waals surface area contributed by atoms with Crippen LogP contribution >= 0.6 is 0 Å². The third kappa shape index (κ3) is 5.09. The van der Waals surface area contributed by atoms with Crippen molar-refractivity contribution in [3.05, 3.63) is 112 Å². The van der Waals surface area contributed by atoms with Crippen molar-refractivity contribution in [2.75, 3.05) is 0 Å². The van der Waals surface area contributed by atoms with Crippen LogP contribution in [-0.4, -0.2) is 58.0 Å². The van der Waals surface area contributed by atoms with E-state index in [2.05, 4.69) is 0 Å².